The summed E-state index contributed by atoms with van der Waals surface area (Å²) in [6.07, 6.45) is 0. The van der Waals surface area contributed by atoms with E-state index in [1.807, 2.05) is 12.1 Å². The van der Waals surface area contributed by atoms with E-state index < -0.39 is 0 Å². The van der Waals surface area contributed by atoms with Crippen molar-refractivity contribution in [2.24, 2.45) is 0 Å². The van der Waals surface area contributed by atoms with Gasteiger partial charge >= 0.3 is 0 Å². The van der Waals surface area contributed by atoms with Crippen LogP contribution in [0.15, 0.2) is 36.4 Å². The normalized spacial score (nSPS) is 10.5. The second kappa shape index (κ2) is 6.56. The van der Waals surface area contributed by atoms with Gasteiger partial charge in [-0.1, -0.05) is 46.9 Å². The Kier molecular flexibility index (Phi) is 4.99. The minimum atomic E-state index is -0.186. The molecule has 2 N–H and O–H groups in total. The third kappa shape index (κ3) is 3.82. The highest BCUT2D eigenvalue weighted by atomic mass is 35.5. The van der Waals surface area contributed by atoms with Crippen LogP contribution in [-0.2, 0) is 6.54 Å². The minimum absolute atomic E-state index is 0.186. The first-order valence-electron chi connectivity index (χ1n) is 6.13. The van der Waals surface area contributed by atoms with E-state index in [4.69, 9.17) is 40.5 Å². The Morgan fingerprint density at radius 3 is 2.14 bits per heavy atom. The van der Waals surface area contributed by atoms with Gasteiger partial charge in [0.2, 0.25) is 0 Å². The Morgan fingerprint density at radius 1 is 1.10 bits per heavy atom. The number of nitrogens with zero attached hydrogens (tertiary/aromatic N) is 1. The summed E-state index contributed by atoms with van der Waals surface area (Å²) >= 11 is 17.7. The molecule has 2 aromatic rings. The zero-order valence-electron chi connectivity index (χ0n) is 11.2. The lowest BCUT2D eigenvalue weighted by Crippen LogP contribution is -2.26. The van der Waals surface area contributed by atoms with E-state index in [0.29, 0.717) is 17.1 Å². The summed E-state index contributed by atoms with van der Waals surface area (Å²) in [5, 5.41) is 1.20. The first-order chi connectivity index (χ1) is 9.88. The van der Waals surface area contributed by atoms with E-state index in [-0.39, 0.29) is 21.6 Å². The van der Waals surface area contributed by atoms with Crippen molar-refractivity contribution in [1.82, 2.24) is 4.90 Å². The number of amides is 1. The van der Waals surface area contributed by atoms with Gasteiger partial charge < -0.3 is 10.6 Å². The largest absolute Gasteiger partial charge is 0.396 e. The predicted octanol–water partition coefficient (Wildman–Crippen LogP) is 4.50. The molecule has 1 amide bonds. The lowest BCUT2D eigenvalue weighted by molar-refractivity contribution is 0.0785. The van der Waals surface area contributed by atoms with Gasteiger partial charge in [-0.25, -0.2) is 0 Å². The quantitative estimate of drug-likeness (QED) is 0.834. The zero-order chi connectivity index (χ0) is 15.6. The van der Waals surface area contributed by atoms with Crippen LogP contribution >= 0.6 is 34.8 Å². The van der Waals surface area contributed by atoms with Crippen molar-refractivity contribution in [3.63, 3.8) is 0 Å². The van der Waals surface area contributed by atoms with Gasteiger partial charge in [0.1, 0.15) is 0 Å². The zero-order valence-corrected chi connectivity index (χ0v) is 13.5. The van der Waals surface area contributed by atoms with E-state index in [1.165, 1.54) is 12.1 Å². The lowest BCUT2D eigenvalue weighted by atomic mass is 10.1. The van der Waals surface area contributed by atoms with Crippen molar-refractivity contribution in [3.8, 4) is 0 Å². The van der Waals surface area contributed by atoms with Crippen LogP contribution in [0.2, 0.25) is 15.1 Å². The third-order valence-corrected chi connectivity index (χ3v) is 3.88. The monoisotopic (exact) mass is 342 g/mol. The summed E-state index contributed by atoms with van der Waals surface area (Å²) in [5.41, 5.74) is 7.31. The molecule has 0 fully saturated rings. The van der Waals surface area contributed by atoms with E-state index >= 15 is 0 Å². The second-order valence-electron chi connectivity index (χ2n) is 4.64. The number of anilines is 1. The van der Waals surface area contributed by atoms with Gasteiger partial charge in [0.15, 0.2) is 0 Å². The average Bonchev–Trinajstić information content (AvgIpc) is 2.45. The second-order valence-corrected chi connectivity index (χ2v) is 5.89. The molecule has 0 unspecified atom stereocenters. The highest BCUT2D eigenvalue weighted by molar-refractivity contribution is 6.39. The number of nitrogens with two attached hydrogens (primary N) is 1. The molecule has 0 atom stereocenters. The third-order valence-electron chi connectivity index (χ3n) is 3.01. The number of rotatable bonds is 3. The lowest BCUT2D eigenvalue weighted by Gasteiger charge is -2.18. The molecular formula is C15H13Cl3N2O. The van der Waals surface area contributed by atoms with Crippen LogP contribution in [0.4, 0.5) is 5.69 Å². The molecule has 0 aliphatic heterocycles. The SMILES string of the molecule is CN(Cc1ccc(Cl)cc1)C(=O)c1cc(Cl)c(N)c(Cl)c1. The van der Waals surface area contributed by atoms with Gasteiger partial charge in [0, 0.05) is 24.2 Å². The maximum absolute atomic E-state index is 12.4. The molecular weight excluding hydrogens is 331 g/mol. The maximum Gasteiger partial charge on any atom is 0.254 e. The Morgan fingerprint density at radius 2 is 1.62 bits per heavy atom. The smallest absolute Gasteiger partial charge is 0.254 e. The van der Waals surface area contributed by atoms with Crippen LogP contribution in [0.5, 0.6) is 0 Å². The summed E-state index contributed by atoms with van der Waals surface area (Å²) in [5.74, 6) is -0.186. The molecule has 0 radical (unpaired) electrons. The van der Waals surface area contributed by atoms with Crippen LogP contribution in [0, 0.1) is 0 Å². The van der Waals surface area contributed by atoms with Gasteiger partial charge in [-0.05, 0) is 29.8 Å². The van der Waals surface area contributed by atoms with Crippen LogP contribution in [0.25, 0.3) is 0 Å². The molecule has 0 aliphatic rings. The first-order valence-corrected chi connectivity index (χ1v) is 7.26. The minimum Gasteiger partial charge on any atom is -0.396 e. The van der Waals surface area contributed by atoms with Crippen molar-refractivity contribution in [3.05, 3.63) is 62.6 Å². The molecule has 0 aliphatic carbocycles. The fraction of sp³-hybridized carbons (Fsp3) is 0.133. The summed E-state index contributed by atoms with van der Waals surface area (Å²) in [4.78, 5) is 13.9. The highest BCUT2D eigenvalue weighted by Crippen LogP contribution is 2.29. The average molecular weight is 344 g/mol. The van der Waals surface area contributed by atoms with Crippen molar-refractivity contribution in [2.45, 2.75) is 6.54 Å². The van der Waals surface area contributed by atoms with E-state index in [0.717, 1.165) is 5.56 Å². The van der Waals surface area contributed by atoms with Crippen LogP contribution in [-0.4, -0.2) is 17.9 Å². The number of halogens is 3. The fourth-order valence-corrected chi connectivity index (χ4v) is 2.48. The van der Waals surface area contributed by atoms with Gasteiger partial charge in [-0.3, -0.25) is 4.79 Å². The molecule has 2 rings (SSSR count). The highest BCUT2D eigenvalue weighted by Gasteiger charge is 2.15. The van der Waals surface area contributed by atoms with Crippen LogP contribution < -0.4 is 5.73 Å². The molecule has 2 aromatic carbocycles. The molecule has 21 heavy (non-hydrogen) atoms. The molecule has 0 bridgehead atoms. The molecule has 6 heteroatoms. The molecule has 0 saturated carbocycles. The number of carbonyl (C=O) groups excluding carboxylic acids is 1. The Labute approximate surface area is 138 Å². The van der Waals surface area contributed by atoms with E-state index in [1.54, 1.807) is 24.1 Å². The Balaban J connectivity index is 2.17. The van der Waals surface area contributed by atoms with Crippen LogP contribution in [0.1, 0.15) is 15.9 Å². The summed E-state index contributed by atoms with van der Waals surface area (Å²) < 4.78 is 0. The van der Waals surface area contributed by atoms with Crippen molar-refractivity contribution in [2.75, 3.05) is 12.8 Å². The van der Waals surface area contributed by atoms with E-state index in [2.05, 4.69) is 0 Å². The number of carbonyl (C=O) groups is 1. The van der Waals surface area contributed by atoms with Crippen molar-refractivity contribution in [1.29, 1.82) is 0 Å². The summed E-state index contributed by atoms with van der Waals surface area (Å²) in [6, 6.07) is 10.3. The number of nitrogen functional groups attached to an aromatic ring is 1. The molecule has 0 saturated heterocycles. The van der Waals surface area contributed by atoms with Gasteiger partial charge in [-0.15, -0.1) is 0 Å². The number of benzene rings is 2. The van der Waals surface area contributed by atoms with Crippen LogP contribution in [0.3, 0.4) is 0 Å². The standard InChI is InChI=1S/C15H13Cl3N2O/c1-20(8-9-2-4-11(16)5-3-9)15(21)10-6-12(17)14(19)13(18)7-10/h2-7H,8,19H2,1H3. The number of hydrogen-bond acceptors (Lipinski definition) is 2. The Bertz CT molecular complexity index is 648. The van der Waals surface area contributed by atoms with E-state index in [9.17, 15) is 4.79 Å². The Hall–Kier alpha value is -1.42. The van der Waals surface area contributed by atoms with Crippen molar-refractivity contribution < 1.29 is 4.79 Å². The first kappa shape index (κ1) is 16.0. The fourth-order valence-electron chi connectivity index (χ4n) is 1.86. The van der Waals surface area contributed by atoms with Gasteiger partial charge in [0.25, 0.3) is 5.91 Å². The van der Waals surface area contributed by atoms with Crippen molar-refractivity contribution >= 4 is 46.4 Å². The summed E-state index contributed by atoms with van der Waals surface area (Å²) in [7, 11) is 1.70. The predicted molar refractivity (Wildman–Crippen MR) is 88.1 cm³/mol. The number of hydrogen-bond donors (Lipinski definition) is 1. The molecule has 0 spiro atoms. The molecule has 110 valence electrons. The molecule has 0 aromatic heterocycles. The summed E-state index contributed by atoms with van der Waals surface area (Å²) in [6.45, 7) is 0.454. The topological polar surface area (TPSA) is 46.3 Å². The molecule has 0 heterocycles. The maximum atomic E-state index is 12.4. The molecule has 3 nitrogen and oxygen atoms in total. The van der Waals surface area contributed by atoms with Gasteiger partial charge in [0.05, 0.1) is 15.7 Å². The van der Waals surface area contributed by atoms with Gasteiger partial charge in [-0.2, -0.15) is 0 Å².